The van der Waals surface area contributed by atoms with E-state index in [1.165, 1.54) is 0 Å². The molecule has 2 rings (SSSR count). The minimum atomic E-state index is -3.12. The molecule has 0 aliphatic carbocycles. The number of hydrogen-bond donors (Lipinski definition) is 1. The van der Waals surface area contributed by atoms with Gasteiger partial charge in [-0.1, -0.05) is 25.1 Å². The molecule has 1 heterocycles. The van der Waals surface area contributed by atoms with Gasteiger partial charge in [-0.15, -0.1) is 0 Å². The Balaban J connectivity index is 2.10. The quantitative estimate of drug-likeness (QED) is 0.889. The second kappa shape index (κ2) is 6.15. The van der Waals surface area contributed by atoms with Gasteiger partial charge >= 0.3 is 0 Å². The predicted octanol–water partition coefficient (Wildman–Crippen LogP) is 1.26. The van der Waals surface area contributed by atoms with Crippen molar-refractivity contribution in [1.29, 1.82) is 0 Å². The van der Waals surface area contributed by atoms with Crippen molar-refractivity contribution in [1.82, 2.24) is 5.32 Å². The van der Waals surface area contributed by atoms with Crippen LogP contribution in [0.5, 0.6) is 0 Å². The molecule has 1 aromatic carbocycles. The topological polar surface area (TPSA) is 63.2 Å². The maximum atomic E-state index is 12.0. The van der Waals surface area contributed by atoms with E-state index >= 15 is 0 Å². The van der Waals surface area contributed by atoms with Gasteiger partial charge in [-0.05, 0) is 18.1 Å². The highest BCUT2D eigenvalue weighted by atomic mass is 32.2. The fourth-order valence-electron chi connectivity index (χ4n) is 2.29. The summed E-state index contributed by atoms with van der Waals surface area (Å²) in [6.07, 6.45) is 0.581. The van der Waals surface area contributed by atoms with Crippen molar-refractivity contribution in [3.8, 4) is 0 Å². The molecule has 0 amide bonds. The van der Waals surface area contributed by atoms with Crippen LogP contribution in [-0.4, -0.2) is 36.4 Å². The third-order valence-electron chi connectivity index (χ3n) is 3.35. The third-order valence-corrected chi connectivity index (χ3v) is 6.47. The number of rotatable bonds is 5. The zero-order valence-electron chi connectivity index (χ0n) is 11.0. The summed E-state index contributed by atoms with van der Waals surface area (Å²) in [7, 11) is -3.91. The van der Waals surface area contributed by atoms with Crippen LogP contribution in [0.25, 0.3) is 0 Å². The van der Waals surface area contributed by atoms with Crippen molar-refractivity contribution >= 4 is 20.6 Å². The Morgan fingerprint density at radius 1 is 1.37 bits per heavy atom. The smallest absolute Gasteiger partial charge is 0.178 e. The maximum absolute atomic E-state index is 12.0. The van der Waals surface area contributed by atoms with E-state index in [0.717, 1.165) is 5.56 Å². The van der Waals surface area contributed by atoms with Gasteiger partial charge in [0.2, 0.25) is 0 Å². The Morgan fingerprint density at radius 3 is 2.84 bits per heavy atom. The molecule has 0 saturated heterocycles. The summed E-state index contributed by atoms with van der Waals surface area (Å²) in [5.41, 5.74) is 0.844. The predicted molar refractivity (Wildman–Crippen MR) is 77.4 cm³/mol. The largest absolute Gasteiger partial charge is 0.309 e. The van der Waals surface area contributed by atoms with Crippen molar-refractivity contribution in [3.63, 3.8) is 0 Å². The lowest BCUT2D eigenvalue weighted by atomic mass is 10.0. The molecule has 2 unspecified atom stereocenters. The van der Waals surface area contributed by atoms with E-state index < -0.39 is 20.6 Å². The van der Waals surface area contributed by atoms with Gasteiger partial charge in [0.15, 0.2) is 9.84 Å². The van der Waals surface area contributed by atoms with Gasteiger partial charge in [-0.25, -0.2) is 8.42 Å². The summed E-state index contributed by atoms with van der Waals surface area (Å²) in [5, 5.41) is 3.32. The molecule has 1 aromatic rings. The lowest BCUT2D eigenvalue weighted by Gasteiger charge is -2.26. The summed E-state index contributed by atoms with van der Waals surface area (Å²) in [4.78, 5) is 0.440. The zero-order chi connectivity index (χ0) is 13.9. The first-order valence-corrected chi connectivity index (χ1v) is 9.58. The summed E-state index contributed by atoms with van der Waals surface area (Å²) >= 11 is 0. The number of nitrogens with one attached hydrogen (secondary N) is 1. The summed E-state index contributed by atoms with van der Waals surface area (Å²) in [6.45, 7) is 2.55. The molecule has 0 fully saturated rings. The van der Waals surface area contributed by atoms with Crippen LogP contribution in [0, 0.1) is 0 Å². The molecule has 1 aliphatic heterocycles. The average molecular weight is 301 g/mol. The van der Waals surface area contributed by atoms with Crippen LogP contribution in [0.4, 0.5) is 0 Å². The standard InChI is InChI=1S/C13H19NO3S2/c1-2-18(15)9-8-14-12-7-10-19(16,17)13-6-4-3-5-11(12)13/h3-6,12,14H,2,7-10H2,1H3. The minimum absolute atomic E-state index is 0.0496. The molecular weight excluding hydrogens is 282 g/mol. The van der Waals surface area contributed by atoms with Crippen molar-refractivity contribution < 1.29 is 12.6 Å². The molecule has 2 atom stereocenters. The van der Waals surface area contributed by atoms with Crippen molar-refractivity contribution in [2.45, 2.75) is 24.3 Å². The van der Waals surface area contributed by atoms with Crippen LogP contribution in [-0.2, 0) is 20.6 Å². The molecule has 0 spiro atoms. The van der Waals surface area contributed by atoms with Crippen molar-refractivity contribution in [2.75, 3.05) is 23.8 Å². The second-order valence-electron chi connectivity index (χ2n) is 4.58. The number of sulfone groups is 1. The first-order valence-electron chi connectivity index (χ1n) is 6.44. The molecule has 0 radical (unpaired) electrons. The van der Waals surface area contributed by atoms with E-state index in [9.17, 15) is 12.6 Å². The molecular formula is C13H19NO3S2. The van der Waals surface area contributed by atoms with Crippen molar-refractivity contribution in [3.05, 3.63) is 29.8 Å². The van der Waals surface area contributed by atoms with E-state index in [4.69, 9.17) is 0 Å². The highest BCUT2D eigenvalue weighted by Crippen LogP contribution is 2.31. The van der Waals surface area contributed by atoms with Gasteiger partial charge in [0.1, 0.15) is 0 Å². The highest BCUT2D eigenvalue weighted by Gasteiger charge is 2.29. The monoisotopic (exact) mass is 301 g/mol. The molecule has 19 heavy (non-hydrogen) atoms. The fraction of sp³-hybridized carbons (Fsp3) is 0.538. The SMILES string of the molecule is CCS(=O)CCNC1CCS(=O)(=O)c2ccccc21. The number of hydrogen-bond acceptors (Lipinski definition) is 4. The highest BCUT2D eigenvalue weighted by molar-refractivity contribution is 7.91. The minimum Gasteiger partial charge on any atom is -0.309 e. The molecule has 106 valence electrons. The summed E-state index contributed by atoms with van der Waals surface area (Å²) < 4.78 is 35.3. The van der Waals surface area contributed by atoms with E-state index in [-0.39, 0.29) is 11.8 Å². The van der Waals surface area contributed by atoms with Gasteiger partial charge in [0.25, 0.3) is 0 Å². The maximum Gasteiger partial charge on any atom is 0.178 e. The molecule has 0 saturated carbocycles. The first kappa shape index (κ1) is 14.7. The normalized spacial score (nSPS) is 22.7. The van der Waals surface area contributed by atoms with E-state index in [0.29, 0.717) is 29.4 Å². The average Bonchev–Trinajstić information content (AvgIpc) is 2.41. The van der Waals surface area contributed by atoms with Crippen LogP contribution in [0.3, 0.4) is 0 Å². The molecule has 1 N–H and O–H groups in total. The Hall–Kier alpha value is -0.720. The number of benzene rings is 1. The molecule has 0 bridgehead atoms. The van der Waals surface area contributed by atoms with Crippen LogP contribution in [0.1, 0.15) is 24.9 Å². The van der Waals surface area contributed by atoms with Gasteiger partial charge in [-0.2, -0.15) is 0 Å². The first-order chi connectivity index (χ1) is 9.04. The molecule has 0 aromatic heterocycles. The van der Waals surface area contributed by atoms with Crippen LogP contribution < -0.4 is 5.32 Å². The Bertz CT molecular complexity index is 569. The zero-order valence-corrected chi connectivity index (χ0v) is 12.6. The summed E-state index contributed by atoms with van der Waals surface area (Å²) in [5.74, 6) is 1.46. The van der Waals surface area contributed by atoms with E-state index in [1.54, 1.807) is 12.1 Å². The van der Waals surface area contributed by atoms with Gasteiger partial charge < -0.3 is 5.32 Å². The van der Waals surface area contributed by atoms with Crippen LogP contribution in [0.2, 0.25) is 0 Å². The summed E-state index contributed by atoms with van der Waals surface area (Å²) in [6, 6.07) is 7.20. The lowest BCUT2D eigenvalue weighted by Crippen LogP contribution is -2.32. The van der Waals surface area contributed by atoms with E-state index in [1.807, 2.05) is 19.1 Å². The Kier molecular flexibility index (Phi) is 4.76. The Morgan fingerprint density at radius 2 is 2.11 bits per heavy atom. The second-order valence-corrected chi connectivity index (χ2v) is 8.53. The van der Waals surface area contributed by atoms with Gasteiger partial charge in [-0.3, -0.25) is 4.21 Å². The Labute approximate surface area is 117 Å². The van der Waals surface area contributed by atoms with Crippen molar-refractivity contribution in [2.24, 2.45) is 0 Å². The molecule has 6 heteroatoms. The van der Waals surface area contributed by atoms with E-state index in [2.05, 4.69) is 5.32 Å². The van der Waals surface area contributed by atoms with Crippen LogP contribution in [0.15, 0.2) is 29.2 Å². The number of fused-ring (bicyclic) bond motifs is 1. The van der Waals surface area contributed by atoms with Gasteiger partial charge in [0, 0.05) is 34.9 Å². The van der Waals surface area contributed by atoms with Gasteiger partial charge in [0.05, 0.1) is 10.6 Å². The molecule has 4 nitrogen and oxygen atoms in total. The lowest BCUT2D eigenvalue weighted by molar-refractivity contribution is 0.505. The third kappa shape index (κ3) is 3.43. The molecule has 1 aliphatic rings. The fourth-order valence-corrected chi connectivity index (χ4v) is 4.55. The van der Waals surface area contributed by atoms with Crippen LogP contribution >= 0.6 is 0 Å².